The fraction of sp³-hybridized carbons (Fsp3) is 0.267. The number of carbonyl (C=O) groups is 1. The van der Waals surface area contributed by atoms with Crippen molar-refractivity contribution in [2.24, 2.45) is 5.73 Å². The van der Waals surface area contributed by atoms with Gasteiger partial charge in [-0.15, -0.1) is 0 Å². The molecule has 0 saturated carbocycles. The lowest BCUT2D eigenvalue weighted by molar-refractivity contribution is 0.0996. The Labute approximate surface area is 116 Å². The van der Waals surface area contributed by atoms with Crippen molar-refractivity contribution in [2.45, 2.75) is 27.2 Å². The third-order valence-corrected chi connectivity index (χ3v) is 3.21. The number of aryl methyl sites for hydroxylation is 3. The van der Waals surface area contributed by atoms with E-state index in [1.165, 1.54) is 6.92 Å². The molecule has 0 unspecified atom stereocenters. The number of rotatable bonds is 3. The van der Waals surface area contributed by atoms with Crippen molar-refractivity contribution in [3.05, 3.63) is 46.8 Å². The summed E-state index contributed by atoms with van der Waals surface area (Å²) in [7, 11) is 0. The minimum absolute atomic E-state index is 0.124. The van der Waals surface area contributed by atoms with Gasteiger partial charge in [0.1, 0.15) is 0 Å². The Morgan fingerprint density at radius 1 is 1.30 bits per heavy atom. The molecule has 2 aromatic rings. The zero-order valence-electron chi connectivity index (χ0n) is 11.7. The fourth-order valence-corrected chi connectivity index (χ4v) is 2.19. The molecule has 0 aliphatic heterocycles. The van der Waals surface area contributed by atoms with Gasteiger partial charge < -0.3 is 5.73 Å². The van der Waals surface area contributed by atoms with Crippen LogP contribution in [0.4, 0.5) is 4.39 Å². The van der Waals surface area contributed by atoms with Gasteiger partial charge in [-0.1, -0.05) is 13.0 Å². The highest BCUT2D eigenvalue weighted by atomic mass is 19.1. The van der Waals surface area contributed by atoms with Crippen molar-refractivity contribution in [2.75, 3.05) is 0 Å². The average molecular weight is 273 g/mol. The molecule has 2 N–H and O–H groups in total. The molecule has 2 rings (SSSR count). The van der Waals surface area contributed by atoms with Gasteiger partial charge in [-0.25, -0.2) is 4.39 Å². The highest BCUT2D eigenvalue weighted by Crippen LogP contribution is 2.29. The third-order valence-electron chi connectivity index (χ3n) is 3.21. The zero-order chi connectivity index (χ0) is 14.9. The van der Waals surface area contributed by atoms with Gasteiger partial charge in [-0.05, 0) is 26.3 Å². The number of primary amides is 1. The lowest BCUT2D eigenvalue weighted by Gasteiger charge is -2.13. The topological polar surface area (TPSA) is 68.9 Å². The molecule has 0 bridgehead atoms. The van der Waals surface area contributed by atoms with Gasteiger partial charge in [-0.2, -0.15) is 0 Å². The van der Waals surface area contributed by atoms with Gasteiger partial charge in [0.25, 0.3) is 5.91 Å². The van der Waals surface area contributed by atoms with Crippen LogP contribution in [0.15, 0.2) is 18.3 Å². The van der Waals surface area contributed by atoms with E-state index in [1.54, 1.807) is 19.2 Å². The van der Waals surface area contributed by atoms with Gasteiger partial charge in [0, 0.05) is 28.7 Å². The van der Waals surface area contributed by atoms with E-state index in [4.69, 9.17) is 5.73 Å². The first-order chi connectivity index (χ1) is 9.45. The largest absolute Gasteiger partial charge is 0.365 e. The van der Waals surface area contributed by atoms with Gasteiger partial charge in [0.2, 0.25) is 0 Å². The molecule has 4 nitrogen and oxygen atoms in total. The summed E-state index contributed by atoms with van der Waals surface area (Å²) in [5.41, 5.74) is 7.89. The van der Waals surface area contributed by atoms with E-state index >= 15 is 0 Å². The van der Waals surface area contributed by atoms with E-state index in [0.29, 0.717) is 16.8 Å². The first-order valence-electron chi connectivity index (χ1n) is 6.37. The number of nitrogens with zero attached hydrogens (tertiary/aromatic N) is 2. The molecule has 2 heterocycles. The van der Waals surface area contributed by atoms with Crippen LogP contribution >= 0.6 is 0 Å². The first kappa shape index (κ1) is 14.1. The van der Waals surface area contributed by atoms with Crippen LogP contribution in [0.1, 0.15) is 34.4 Å². The number of aromatic nitrogens is 2. The molecule has 0 aliphatic rings. The maximum absolute atomic E-state index is 14.1. The quantitative estimate of drug-likeness (QED) is 0.934. The van der Waals surface area contributed by atoms with Gasteiger partial charge >= 0.3 is 0 Å². The summed E-state index contributed by atoms with van der Waals surface area (Å²) < 4.78 is 14.1. The number of amides is 1. The van der Waals surface area contributed by atoms with Gasteiger partial charge in [0.05, 0.1) is 11.3 Å². The minimum Gasteiger partial charge on any atom is -0.365 e. The van der Waals surface area contributed by atoms with Crippen LogP contribution in [0.5, 0.6) is 0 Å². The Bertz CT molecular complexity index is 666. The standard InChI is InChI=1S/C15H16FN3O/c1-4-11-6-5-10(7-18-11)12-8(2)19-9(3)14(16)13(12)15(17)20/h5-7H,4H2,1-3H3,(H2,17,20). The molecule has 20 heavy (non-hydrogen) atoms. The van der Waals surface area contributed by atoms with Crippen molar-refractivity contribution >= 4 is 5.91 Å². The Morgan fingerprint density at radius 2 is 2.00 bits per heavy atom. The van der Waals surface area contributed by atoms with Crippen LogP contribution in [-0.2, 0) is 6.42 Å². The Balaban J connectivity index is 2.71. The summed E-state index contributed by atoms with van der Waals surface area (Å²) in [6.45, 7) is 5.23. The molecule has 0 atom stereocenters. The normalized spacial score (nSPS) is 10.6. The first-order valence-corrected chi connectivity index (χ1v) is 6.37. The fourth-order valence-electron chi connectivity index (χ4n) is 2.19. The van der Waals surface area contributed by atoms with Gasteiger partial charge in [0.15, 0.2) is 5.82 Å². The average Bonchev–Trinajstić information content (AvgIpc) is 2.42. The van der Waals surface area contributed by atoms with Crippen LogP contribution in [-0.4, -0.2) is 15.9 Å². The Hall–Kier alpha value is -2.30. The number of pyridine rings is 2. The summed E-state index contributed by atoms with van der Waals surface area (Å²) in [6.07, 6.45) is 2.42. The summed E-state index contributed by atoms with van der Waals surface area (Å²) in [5, 5.41) is 0. The summed E-state index contributed by atoms with van der Waals surface area (Å²) in [5.74, 6) is -1.47. The van der Waals surface area contributed by atoms with Crippen LogP contribution in [0, 0.1) is 19.7 Å². The molecule has 104 valence electrons. The van der Waals surface area contributed by atoms with Crippen molar-refractivity contribution in [3.8, 4) is 11.1 Å². The SMILES string of the molecule is CCc1ccc(-c2c(C)nc(C)c(F)c2C(N)=O)cn1. The van der Waals surface area contributed by atoms with E-state index in [2.05, 4.69) is 9.97 Å². The van der Waals surface area contributed by atoms with E-state index < -0.39 is 11.7 Å². The zero-order valence-corrected chi connectivity index (χ0v) is 11.7. The third kappa shape index (κ3) is 2.39. The second kappa shape index (κ2) is 5.36. The number of hydrogen-bond acceptors (Lipinski definition) is 3. The second-order valence-corrected chi connectivity index (χ2v) is 4.60. The second-order valence-electron chi connectivity index (χ2n) is 4.60. The van der Waals surface area contributed by atoms with E-state index in [-0.39, 0.29) is 11.3 Å². The number of hydrogen-bond donors (Lipinski definition) is 1. The molecular weight excluding hydrogens is 257 g/mol. The van der Waals surface area contributed by atoms with Crippen LogP contribution in [0.3, 0.4) is 0 Å². The highest BCUT2D eigenvalue weighted by molar-refractivity contribution is 6.00. The lowest BCUT2D eigenvalue weighted by atomic mass is 9.97. The number of carbonyl (C=O) groups excluding carboxylic acids is 1. The van der Waals surface area contributed by atoms with E-state index in [9.17, 15) is 9.18 Å². The molecule has 1 amide bonds. The predicted molar refractivity (Wildman–Crippen MR) is 74.8 cm³/mol. The number of halogens is 1. The molecule has 0 aliphatic carbocycles. The monoisotopic (exact) mass is 273 g/mol. The molecule has 0 radical (unpaired) electrons. The summed E-state index contributed by atoms with van der Waals surface area (Å²) in [4.78, 5) is 20.0. The predicted octanol–water partition coefficient (Wildman–Crippen LogP) is 2.56. The van der Waals surface area contributed by atoms with Crippen molar-refractivity contribution in [1.82, 2.24) is 9.97 Å². The van der Waals surface area contributed by atoms with E-state index in [0.717, 1.165) is 12.1 Å². The Morgan fingerprint density at radius 3 is 2.50 bits per heavy atom. The van der Waals surface area contributed by atoms with Crippen molar-refractivity contribution < 1.29 is 9.18 Å². The van der Waals surface area contributed by atoms with Crippen LogP contribution < -0.4 is 5.73 Å². The smallest absolute Gasteiger partial charge is 0.252 e. The Kier molecular flexibility index (Phi) is 3.79. The van der Waals surface area contributed by atoms with Crippen molar-refractivity contribution in [1.29, 1.82) is 0 Å². The number of nitrogens with two attached hydrogens (primary N) is 1. The van der Waals surface area contributed by atoms with E-state index in [1.807, 2.05) is 13.0 Å². The summed E-state index contributed by atoms with van der Waals surface area (Å²) >= 11 is 0. The molecule has 5 heteroatoms. The molecule has 2 aromatic heterocycles. The van der Waals surface area contributed by atoms with Crippen molar-refractivity contribution in [3.63, 3.8) is 0 Å². The maximum atomic E-state index is 14.1. The lowest BCUT2D eigenvalue weighted by Crippen LogP contribution is -2.17. The minimum atomic E-state index is -0.800. The van der Waals surface area contributed by atoms with Crippen LogP contribution in [0.2, 0.25) is 0 Å². The highest BCUT2D eigenvalue weighted by Gasteiger charge is 2.21. The van der Waals surface area contributed by atoms with Gasteiger partial charge in [-0.3, -0.25) is 14.8 Å². The summed E-state index contributed by atoms with van der Waals surface area (Å²) in [6, 6.07) is 3.65. The molecule has 0 spiro atoms. The molecule has 0 saturated heterocycles. The molecule has 0 aromatic carbocycles. The maximum Gasteiger partial charge on any atom is 0.252 e. The van der Waals surface area contributed by atoms with Crippen LogP contribution in [0.25, 0.3) is 11.1 Å². The molecule has 0 fully saturated rings. The molecular formula is C15H16FN3O.